The van der Waals surface area contributed by atoms with Crippen molar-refractivity contribution in [3.63, 3.8) is 0 Å². The maximum atomic E-state index is 12.2. The quantitative estimate of drug-likeness (QED) is 0.490. The first-order chi connectivity index (χ1) is 12.6. The summed E-state index contributed by atoms with van der Waals surface area (Å²) < 4.78 is 10.0. The molecule has 0 fully saturated rings. The first-order valence-electron chi connectivity index (χ1n) is 8.43. The molecule has 26 heavy (non-hydrogen) atoms. The van der Waals surface area contributed by atoms with E-state index in [2.05, 4.69) is 0 Å². The van der Waals surface area contributed by atoms with Crippen LogP contribution in [0.2, 0.25) is 0 Å². The summed E-state index contributed by atoms with van der Waals surface area (Å²) in [6.45, 7) is -0.291. The summed E-state index contributed by atoms with van der Waals surface area (Å²) >= 11 is 0. The highest BCUT2D eigenvalue weighted by molar-refractivity contribution is 5.99. The number of fused-ring (bicyclic) bond motifs is 1. The second kappa shape index (κ2) is 7.87. The predicted octanol–water partition coefficient (Wildman–Crippen LogP) is 3.33. The number of benzene rings is 2. The van der Waals surface area contributed by atoms with Crippen LogP contribution in [0.1, 0.15) is 33.5 Å². The Kier molecular flexibility index (Phi) is 5.37. The largest absolute Gasteiger partial charge is 0.504 e. The molecule has 0 saturated heterocycles. The smallest absolute Gasteiger partial charge is 0.331 e. The Morgan fingerprint density at radius 1 is 1.12 bits per heavy atom. The van der Waals surface area contributed by atoms with Gasteiger partial charge >= 0.3 is 5.97 Å². The van der Waals surface area contributed by atoms with Gasteiger partial charge in [0.2, 0.25) is 0 Å². The fourth-order valence-corrected chi connectivity index (χ4v) is 2.98. The molecule has 5 nitrogen and oxygen atoms in total. The van der Waals surface area contributed by atoms with Crippen molar-refractivity contribution in [3.05, 3.63) is 64.7 Å². The molecule has 0 aromatic heterocycles. The van der Waals surface area contributed by atoms with Crippen LogP contribution in [0.25, 0.3) is 6.08 Å². The van der Waals surface area contributed by atoms with E-state index in [0.717, 1.165) is 19.3 Å². The van der Waals surface area contributed by atoms with E-state index < -0.39 is 5.97 Å². The molecule has 3 rings (SSSR count). The number of ketones is 1. The van der Waals surface area contributed by atoms with E-state index in [1.54, 1.807) is 18.2 Å². The molecule has 0 spiro atoms. The molecule has 1 N–H and O–H groups in total. The molecule has 0 heterocycles. The number of Topliss-reactive ketones (excluding diaryl/α,β-unsaturated/α-hetero) is 1. The van der Waals surface area contributed by atoms with E-state index in [4.69, 9.17) is 9.47 Å². The maximum absolute atomic E-state index is 12.2. The maximum Gasteiger partial charge on any atom is 0.331 e. The van der Waals surface area contributed by atoms with Crippen molar-refractivity contribution >= 4 is 17.8 Å². The lowest BCUT2D eigenvalue weighted by Gasteiger charge is -2.05. The Hall–Kier alpha value is -3.08. The van der Waals surface area contributed by atoms with Crippen LogP contribution in [0.4, 0.5) is 0 Å². The average Bonchev–Trinajstić information content (AvgIpc) is 3.13. The summed E-state index contributed by atoms with van der Waals surface area (Å²) in [6.07, 6.45) is 5.95. The number of phenols is 1. The fourth-order valence-electron chi connectivity index (χ4n) is 2.98. The topological polar surface area (TPSA) is 72.8 Å². The van der Waals surface area contributed by atoms with Crippen molar-refractivity contribution < 1.29 is 24.2 Å². The normalized spacial score (nSPS) is 12.8. The van der Waals surface area contributed by atoms with Gasteiger partial charge < -0.3 is 14.6 Å². The lowest BCUT2D eigenvalue weighted by molar-refractivity contribution is -0.136. The number of rotatable bonds is 6. The summed E-state index contributed by atoms with van der Waals surface area (Å²) in [5.74, 6) is -0.487. The van der Waals surface area contributed by atoms with E-state index in [0.29, 0.717) is 16.9 Å². The van der Waals surface area contributed by atoms with Crippen LogP contribution >= 0.6 is 0 Å². The highest BCUT2D eigenvalue weighted by atomic mass is 16.5. The lowest BCUT2D eigenvalue weighted by Crippen LogP contribution is -2.12. The van der Waals surface area contributed by atoms with Crippen LogP contribution in [0.15, 0.2) is 42.5 Å². The van der Waals surface area contributed by atoms with Gasteiger partial charge in [-0.15, -0.1) is 0 Å². The van der Waals surface area contributed by atoms with Crippen LogP contribution < -0.4 is 4.74 Å². The molecule has 2 aromatic rings. The van der Waals surface area contributed by atoms with Crippen molar-refractivity contribution in [1.29, 1.82) is 0 Å². The fraction of sp³-hybridized carbons (Fsp3) is 0.238. The second-order valence-corrected chi connectivity index (χ2v) is 6.13. The minimum absolute atomic E-state index is 0.0205. The number of hydrogen-bond donors (Lipinski definition) is 1. The Balaban J connectivity index is 1.56. The standard InChI is InChI=1S/C21H20O5/c1-25-20-11-14(5-9-18(20)22)6-10-21(24)26-13-19(23)17-8-7-15-3-2-4-16(15)12-17/h5-12,22H,2-4,13H2,1H3/b10-6+. The first-order valence-corrected chi connectivity index (χ1v) is 8.43. The molecule has 1 aliphatic rings. The number of methoxy groups -OCH3 is 1. The number of carbonyl (C=O) groups excluding carboxylic acids is 2. The molecule has 1 aliphatic carbocycles. The van der Waals surface area contributed by atoms with E-state index >= 15 is 0 Å². The molecule has 0 atom stereocenters. The van der Waals surface area contributed by atoms with Crippen LogP contribution in [0.5, 0.6) is 11.5 Å². The average molecular weight is 352 g/mol. The zero-order chi connectivity index (χ0) is 18.5. The monoisotopic (exact) mass is 352 g/mol. The number of hydrogen-bond acceptors (Lipinski definition) is 5. The van der Waals surface area contributed by atoms with Crippen molar-refractivity contribution in [2.75, 3.05) is 13.7 Å². The number of aryl methyl sites for hydroxylation is 2. The van der Waals surface area contributed by atoms with E-state index in [1.165, 1.54) is 36.5 Å². The van der Waals surface area contributed by atoms with E-state index in [9.17, 15) is 14.7 Å². The Bertz CT molecular complexity index is 867. The molecule has 5 heteroatoms. The number of phenolic OH excluding ortho intramolecular Hbond substituents is 1. The Morgan fingerprint density at radius 3 is 2.73 bits per heavy atom. The highest BCUT2D eigenvalue weighted by Crippen LogP contribution is 2.26. The number of esters is 1. The third-order valence-corrected chi connectivity index (χ3v) is 4.38. The van der Waals surface area contributed by atoms with Gasteiger partial charge in [-0.25, -0.2) is 4.79 Å². The molecular formula is C21H20O5. The second-order valence-electron chi connectivity index (χ2n) is 6.13. The Morgan fingerprint density at radius 2 is 1.92 bits per heavy atom. The van der Waals surface area contributed by atoms with E-state index in [-0.39, 0.29) is 18.1 Å². The highest BCUT2D eigenvalue weighted by Gasteiger charge is 2.14. The van der Waals surface area contributed by atoms with Crippen molar-refractivity contribution in [2.45, 2.75) is 19.3 Å². The van der Waals surface area contributed by atoms with Gasteiger partial charge in [-0.05, 0) is 60.2 Å². The van der Waals surface area contributed by atoms with Gasteiger partial charge in [0.05, 0.1) is 7.11 Å². The van der Waals surface area contributed by atoms with Gasteiger partial charge in [0.1, 0.15) is 0 Å². The Labute approximate surface area is 151 Å². The molecular weight excluding hydrogens is 332 g/mol. The summed E-state index contributed by atoms with van der Waals surface area (Å²) in [6, 6.07) is 10.4. The minimum atomic E-state index is -0.605. The predicted molar refractivity (Wildman–Crippen MR) is 97.4 cm³/mol. The van der Waals surface area contributed by atoms with Gasteiger partial charge in [-0.2, -0.15) is 0 Å². The summed E-state index contributed by atoms with van der Waals surface area (Å²) in [5.41, 5.74) is 3.75. The third-order valence-electron chi connectivity index (χ3n) is 4.38. The van der Waals surface area contributed by atoms with Crippen LogP contribution in [0.3, 0.4) is 0 Å². The molecule has 134 valence electrons. The third kappa shape index (κ3) is 4.11. The minimum Gasteiger partial charge on any atom is -0.504 e. The van der Waals surface area contributed by atoms with Gasteiger partial charge in [0.25, 0.3) is 0 Å². The van der Waals surface area contributed by atoms with Crippen molar-refractivity contribution in [3.8, 4) is 11.5 Å². The van der Waals surface area contributed by atoms with Crippen LogP contribution in [-0.4, -0.2) is 30.6 Å². The van der Waals surface area contributed by atoms with Gasteiger partial charge in [-0.1, -0.05) is 18.2 Å². The molecule has 0 saturated carbocycles. The summed E-state index contributed by atoms with van der Waals surface area (Å²) in [4.78, 5) is 24.0. The summed E-state index contributed by atoms with van der Waals surface area (Å²) in [7, 11) is 1.45. The number of carbonyl (C=O) groups is 2. The van der Waals surface area contributed by atoms with Gasteiger partial charge in [0, 0.05) is 11.6 Å². The van der Waals surface area contributed by atoms with Crippen LogP contribution in [0, 0.1) is 0 Å². The molecule has 2 aromatic carbocycles. The summed E-state index contributed by atoms with van der Waals surface area (Å²) in [5, 5.41) is 9.55. The van der Waals surface area contributed by atoms with Gasteiger partial charge in [0.15, 0.2) is 23.9 Å². The van der Waals surface area contributed by atoms with Gasteiger partial charge in [-0.3, -0.25) is 4.79 Å². The number of aromatic hydroxyl groups is 1. The zero-order valence-corrected chi connectivity index (χ0v) is 14.5. The molecule has 0 aliphatic heterocycles. The van der Waals surface area contributed by atoms with E-state index in [1.807, 2.05) is 12.1 Å². The lowest BCUT2D eigenvalue weighted by atomic mass is 10.0. The molecule has 0 radical (unpaired) electrons. The zero-order valence-electron chi connectivity index (χ0n) is 14.5. The number of ether oxygens (including phenoxy) is 2. The molecule has 0 bridgehead atoms. The first kappa shape index (κ1) is 17.7. The van der Waals surface area contributed by atoms with Crippen molar-refractivity contribution in [2.24, 2.45) is 0 Å². The SMILES string of the molecule is COc1cc(/C=C/C(=O)OCC(=O)c2ccc3c(c2)CCC3)ccc1O. The van der Waals surface area contributed by atoms with Crippen molar-refractivity contribution in [1.82, 2.24) is 0 Å². The van der Waals surface area contributed by atoms with Crippen LogP contribution in [-0.2, 0) is 22.4 Å². The molecule has 0 amide bonds. The molecule has 0 unspecified atom stereocenters.